The molecule has 0 aromatic carbocycles. The van der Waals surface area contributed by atoms with Gasteiger partial charge >= 0.3 is 11.9 Å². The number of rotatable bonds is 8. The number of aliphatic carboxylic acids is 1. The normalized spacial score (nSPS) is 10.4. The number of methoxy groups -OCH3 is 1. The third-order valence-corrected chi connectivity index (χ3v) is 2.26. The molecule has 0 unspecified atom stereocenters. The number of carbonyl (C=O) groups excluding carboxylic acids is 3. The molecular weight excluding hydrogens is 306 g/mol. The Labute approximate surface area is 134 Å². The molecule has 9 nitrogen and oxygen atoms in total. The zero-order chi connectivity index (χ0) is 18.6. The fourth-order valence-corrected chi connectivity index (χ4v) is 0.978. The van der Waals surface area contributed by atoms with E-state index in [9.17, 15) is 19.2 Å². The number of carboxylic acid groups (broad SMARTS) is 1. The lowest BCUT2D eigenvalue weighted by Crippen LogP contribution is -2.48. The van der Waals surface area contributed by atoms with Gasteiger partial charge in [-0.25, -0.2) is 10.2 Å². The summed E-state index contributed by atoms with van der Waals surface area (Å²) < 4.78 is 4.27. The van der Waals surface area contributed by atoms with Crippen molar-refractivity contribution in [3.8, 4) is 0 Å². The van der Waals surface area contributed by atoms with Crippen molar-refractivity contribution in [2.75, 3.05) is 7.11 Å². The number of nitrogens with two attached hydrogens (primary N) is 1. The highest BCUT2D eigenvalue weighted by Crippen LogP contribution is 1.96. The Kier molecular flexibility index (Phi) is 11.7. The summed E-state index contributed by atoms with van der Waals surface area (Å²) in [4.78, 5) is 42.4. The lowest BCUT2D eigenvalue weighted by molar-refractivity contribution is -0.140. The summed E-state index contributed by atoms with van der Waals surface area (Å²) in [5.74, 6) is -2.63. The first kappa shape index (κ1) is 22.6. The monoisotopic (exact) mass is 329 g/mol. The fraction of sp³-hybridized carbons (Fsp3) is 0.429. The molecule has 0 aromatic heterocycles. The fourth-order valence-electron chi connectivity index (χ4n) is 0.978. The quantitative estimate of drug-likeness (QED) is 0.270. The van der Waals surface area contributed by atoms with E-state index in [-0.39, 0.29) is 24.4 Å². The van der Waals surface area contributed by atoms with Crippen LogP contribution >= 0.6 is 0 Å². The molecule has 0 radical (unpaired) electrons. The van der Waals surface area contributed by atoms with E-state index in [1.807, 2.05) is 0 Å². The number of carboxylic acids is 1. The van der Waals surface area contributed by atoms with Gasteiger partial charge in [0.1, 0.15) is 6.04 Å². The van der Waals surface area contributed by atoms with E-state index in [2.05, 4.69) is 28.7 Å². The molecule has 0 aromatic rings. The molecule has 0 heterocycles. The maximum absolute atomic E-state index is 11.1. The number of nitrogens with one attached hydrogen (secondary N) is 2. The zero-order valence-corrected chi connectivity index (χ0v) is 13.5. The van der Waals surface area contributed by atoms with Gasteiger partial charge in [0.15, 0.2) is 0 Å². The number of primary amides is 1. The molecule has 0 saturated heterocycles. The first-order valence-electron chi connectivity index (χ1n) is 6.49. The second kappa shape index (κ2) is 11.9. The van der Waals surface area contributed by atoms with E-state index < -0.39 is 23.8 Å². The third kappa shape index (κ3) is 12.8. The Bertz CT molecular complexity index is 487. The van der Waals surface area contributed by atoms with Gasteiger partial charge in [-0.1, -0.05) is 13.2 Å². The number of hydrogen-bond donors (Lipinski definition) is 4. The van der Waals surface area contributed by atoms with Crippen LogP contribution in [0.5, 0.6) is 0 Å². The lowest BCUT2D eigenvalue weighted by atomic mass is 10.1. The van der Waals surface area contributed by atoms with E-state index in [4.69, 9.17) is 10.8 Å². The molecule has 0 saturated carbocycles. The van der Waals surface area contributed by atoms with Gasteiger partial charge in [0.25, 0.3) is 5.91 Å². The molecule has 2 amide bonds. The van der Waals surface area contributed by atoms with Gasteiger partial charge in [0.05, 0.1) is 7.11 Å². The molecular formula is C14H23N3O6. The minimum absolute atomic E-state index is 0.00113. The van der Waals surface area contributed by atoms with Crippen LogP contribution in [0.2, 0.25) is 0 Å². The summed E-state index contributed by atoms with van der Waals surface area (Å²) in [6.07, 6.45) is -0.0754. The highest BCUT2D eigenvalue weighted by atomic mass is 16.5. The molecule has 0 fully saturated rings. The van der Waals surface area contributed by atoms with Crippen LogP contribution < -0.4 is 16.6 Å². The summed E-state index contributed by atoms with van der Waals surface area (Å²) in [5.41, 5.74) is 10.0. The van der Waals surface area contributed by atoms with E-state index >= 15 is 0 Å². The predicted octanol–water partition coefficient (Wildman–Crippen LogP) is -0.362. The highest BCUT2D eigenvalue weighted by molar-refractivity contribution is 5.92. The number of carbonyl (C=O) groups is 4. The van der Waals surface area contributed by atoms with Crippen molar-refractivity contribution in [3.05, 3.63) is 24.3 Å². The number of hydrogen-bond acceptors (Lipinski definition) is 6. The molecule has 130 valence electrons. The Morgan fingerprint density at radius 3 is 1.96 bits per heavy atom. The Morgan fingerprint density at radius 1 is 1.17 bits per heavy atom. The van der Waals surface area contributed by atoms with E-state index in [0.29, 0.717) is 5.57 Å². The molecule has 0 aliphatic carbocycles. The van der Waals surface area contributed by atoms with Gasteiger partial charge in [-0.05, 0) is 20.3 Å². The van der Waals surface area contributed by atoms with Gasteiger partial charge in [-0.2, -0.15) is 0 Å². The van der Waals surface area contributed by atoms with Gasteiger partial charge in [-0.15, -0.1) is 0 Å². The Hall–Kier alpha value is -2.68. The summed E-state index contributed by atoms with van der Waals surface area (Å²) in [6, 6.07) is -1.06. The minimum atomic E-state index is -1.18. The predicted molar refractivity (Wildman–Crippen MR) is 82.8 cm³/mol. The molecule has 9 heteroatoms. The number of esters is 1. The molecule has 1 atom stereocenters. The minimum Gasteiger partial charge on any atom is -0.480 e. The molecule has 0 rings (SSSR count). The van der Waals surface area contributed by atoms with Crippen LogP contribution in [0.4, 0.5) is 0 Å². The SMILES string of the molecule is C=C(C)C(=O)NN[C@@H](CCC(N)=O)C(=O)O.C=C(C)C(=O)OC. The summed E-state index contributed by atoms with van der Waals surface area (Å²) in [5, 5.41) is 8.75. The summed E-state index contributed by atoms with van der Waals surface area (Å²) in [6.45, 7) is 9.82. The van der Waals surface area contributed by atoms with Crippen molar-refractivity contribution >= 4 is 23.8 Å². The molecule has 23 heavy (non-hydrogen) atoms. The largest absolute Gasteiger partial charge is 0.480 e. The first-order valence-corrected chi connectivity index (χ1v) is 6.49. The summed E-state index contributed by atoms with van der Waals surface area (Å²) >= 11 is 0. The van der Waals surface area contributed by atoms with Gasteiger partial charge < -0.3 is 15.6 Å². The average molecular weight is 329 g/mol. The third-order valence-electron chi connectivity index (χ3n) is 2.26. The summed E-state index contributed by atoms with van der Waals surface area (Å²) in [7, 11) is 1.33. The maximum atomic E-state index is 11.1. The van der Waals surface area contributed by atoms with Gasteiger partial charge in [0.2, 0.25) is 5.91 Å². The van der Waals surface area contributed by atoms with E-state index in [0.717, 1.165) is 0 Å². The van der Waals surface area contributed by atoms with Crippen molar-refractivity contribution in [1.29, 1.82) is 0 Å². The van der Waals surface area contributed by atoms with Crippen LogP contribution in [-0.2, 0) is 23.9 Å². The van der Waals surface area contributed by atoms with Crippen molar-refractivity contribution in [2.24, 2.45) is 5.73 Å². The van der Waals surface area contributed by atoms with E-state index in [1.165, 1.54) is 14.0 Å². The first-order chi connectivity index (χ1) is 10.5. The number of amides is 2. The second-order valence-corrected chi connectivity index (χ2v) is 4.55. The molecule has 0 bridgehead atoms. The van der Waals surface area contributed by atoms with Crippen molar-refractivity contribution in [1.82, 2.24) is 10.9 Å². The Balaban J connectivity index is 0. The van der Waals surface area contributed by atoms with Crippen LogP contribution in [0.1, 0.15) is 26.7 Å². The average Bonchev–Trinajstić information content (AvgIpc) is 2.45. The van der Waals surface area contributed by atoms with Crippen LogP contribution in [0.25, 0.3) is 0 Å². The van der Waals surface area contributed by atoms with Crippen LogP contribution in [0.3, 0.4) is 0 Å². The topological polar surface area (TPSA) is 148 Å². The molecule has 0 aliphatic heterocycles. The number of hydrazine groups is 1. The standard InChI is InChI=1S/C9H15N3O4.C5H8O2/c1-5(2)8(14)12-11-6(9(15)16)3-4-7(10)13;1-4(2)5(6)7-3/h6,11H,1,3-4H2,2H3,(H2,10,13)(H,12,14)(H,15,16);1H2,2-3H3/t6-;/m0./s1. The van der Waals surface area contributed by atoms with Gasteiger partial charge in [-0.3, -0.25) is 19.8 Å². The van der Waals surface area contributed by atoms with Crippen LogP contribution in [-0.4, -0.2) is 42.0 Å². The smallest absolute Gasteiger partial charge is 0.332 e. The molecule has 0 spiro atoms. The lowest BCUT2D eigenvalue weighted by Gasteiger charge is -2.14. The zero-order valence-electron chi connectivity index (χ0n) is 13.5. The second-order valence-electron chi connectivity index (χ2n) is 4.55. The highest BCUT2D eigenvalue weighted by Gasteiger charge is 2.18. The van der Waals surface area contributed by atoms with Crippen molar-refractivity contribution in [2.45, 2.75) is 32.7 Å². The number of ether oxygens (including phenoxy) is 1. The van der Waals surface area contributed by atoms with Gasteiger partial charge in [0, 0.05) is 17.6 Å². The molecule has 0 aliphatic rings. The maximum Gasteiger partial charge on any atom is 0.332 e. The van der Waals surface area contributed by atoms with Crippen molar-refractivity contribution < 1.29 is 29.0 Å². The molecule has 5 N–H and O–H groups in total. The van der Waals surface area contributed by atoms with Crippen LogP contribution in [0.15, 0.2) is 24.3 Å². The van der Waals surface area contributed by atoms with E-state index in [1.54, 1.807) is 6.92 Å². The Morgan fingerprint density at radius 2 is 1.70 bits per heavy atom. The van der Waals surface area contributed by atoms with Crippen LogP contribution in [0, 0.1) is 0 Å². The van der Waals surface area contributed by atoms with Crippen molar-refractivity contribution in [3.63, 3.8) is 0 Å².